The summed E-state index contributed by atoms with van der Waals surface area (Å²) in [6, 6.07) is -0.477. The summed E-state index contributed by atoms with van der Waals surface area (Å²) in [7, 11) is -1.59. The van der Waals surface area contributed by atoms with E-state index in [9.17, 15) is 13.2 Å². The van der Waals surface area contributed by atoms with Crippen LogP contribution in [0.4, 0.5) is 0 Å². The molecule has 24 heavy (non-hydrogen) atoms. The van der Waals surface area contributed by atoms with Crippen LogP contribution in [0.1, 0.15) is 52.9 Å². The van der Waals surface area contributed by atoms with Gasteiger partial charge in [-0.15, -0.1) is 12.4 Å². The maximum absolute atomic E-state index is 12.6. The van der Waals surface area contributed by atoms with Crippen molar-refractivity contribution in [1.82, 2.24) is 9.21 Å². The lowest BCUT2D eigenvalue weighted by Crippen LogP contribution is -2.48. The van der Waals surface area contributed by atoms with Crippen molar-refractivity contribution in [2.24, 2.45) is 11.7 Å². The number of hydrogen-bond donors (Lipinski definition) is 1. The summed E-state index contributed by atoms with van der Waals surface area (Å²) in [5, 5.41) is 0. The molecule has 1 amide bonds. The standard InChI is InChI=1S/C16H33N3O3S.ClH/c1-5-6-12-23(21,22)19-10-7-8-15(19)16(20)18(4)11-9-14(17)13(2)3;/h13-15H,5-12,17H2,1-4H3;1H. The molecule has 0 aromatic carbocycles. The Hall–Kier alpha value is -0.370. The summed E-state index contributed by atoms with van der Waals surface area (Å²) in [5.74, 6) is 0.407. The van der Waals surface area contributed by atoms with E-state index in [1.165, 1.54) is 4.31 Å². The van der Waals surface area contributed by atoms with Gasteiger partial charge in [-0.3, -0.25) is 4.79 Å². The highest BCUT2D eigenvalue weighted by molar-refractivity contribution is 7.89. The van der Waals surface area contributed by atoms with Crippen LogP contribution in [0, 0.1) is 5.92 Å². The zero-order valence-electron chi connectivity index (χ0n) is 15.4. The minimum atomic E-state index is -3.33. The summed E-state index contributed by atoms with van der Waals surface area (Å²) >= 11 is 0. The molecule has 0 saturated carbocycles. The minimum Gasteiger partial charge on any atom is -0.344 e. The average Bonchev–Trinajstić information content (AvgIpc) is 2.99. The smallest absolute Gasteiger partial charge is 0.240 e. The fraction of sp³-hybridized carbons (Fsp3) is 0.938. The fourth-order valence-electron chi connectivity index (χ4n) is 2.80. The van der Waals surface area contributed by atoms with E-state index < -0.39 is 16.1 Å². The lowest BCUT2D eigenvalue weighted by atomic mass is 10.0. The van der Waals surface area contributed by atoms with Crippen LogP contribution >= 0.6 is 12.4 Å². The third kappa shape index (κ3) is 6.50. The molecule has 0 bridgehead atoms. The number of carbonyl (C=O) groups excluding carboxylic acids is 1. The monoisotopic (exact) mass is 383 g/mol. The molecule has 2 unspecified atom stereocenters. The van der Waals surface area contributed by atoms with E-state index >= 15 is 0 Å². The first kappa shape index (κ1) is 23.6. The number of unbranched alkanes of at least 4 members (excludes halogenated alkanes) is 1. The van der Waals surface area contributed by atoms with Gasteiger partial charge in [-0.05, 0) is 31.6 Å². The predicted molar refractivity (Wildman–Crippen MR) is 101 cm³/mol. The molecule has 8 heteroatoms. The van der Waals surface area contributed by atoms with Crippen molar-refractivity contribution in [2.45, 2.75) is 65.0 Å². The molecule has 1 aliphatic heterocycles. The van der Waals surface area contributed by atoms with Gasteiger partial charge in [-0.2, -0.15) is 4.31 Å². The van der Waals surface area contributed by atoms with E-state index in [0.717, 1.165) is 19.3 Å². The molecule has 0 spiro atoms. The molecular weight excluding hydrogens is 350 g/mol. The van der Waals surface area contributed by atoms with Crippen molar-refractivity contribution >= 4 is 28.3 Å². The molecule has 1 saturated heterocycles. The van der Waals surface area contributed by atoms with E-state index in [2.05, 4.69) is 13.8 Å². The molecule has 144 valence electrons. The molecule has 1 rings (SSSR count). The van der Waals surface area contributed by atoms with Gasteiger partial charge in [-0.25, -0.2) is 8.42 Å². The van der Waals surface area contributed by atoms with Crippen LogP contribution in [0.15, 0.2) is 0 Å². The van der Waals surface area contributed by atoms with Gasteiger partial charge >= 0.3 is 0 Å². The number of halogens is 1. The van der Waals surface area contributed by atoms with Crippen LogP contribution in [0.5, 0.6) is 0 Å². The lowest BCUT2D eigenvalue weighted by Gasteiger charge is -2.28. The Morgan fingerprint density at radius 2 is 2.00 bits per heavy atom. The van der Waals surface area contributed by atoms with Crippen molar-refractivity contribution < 1.29 is 13.2 Å². The van der Waals surface area contributed by atoms with Crippen LogP contribution in [0.25, 0.3) is 0 Å². The predicted octanol–water partition coefficient (Wildman–Crippen LogP) is 1.83. The zero-order chi connectivity index (χ0) is 17.6. The number of carbonyl (C=O) groups is 1. The minimum absolute atomic E-state index is 0. The highest BCUT2D eigenvalue weighted by atomic mass is 35.5. The number of rotatable bonds is 9. The van der Waals surface area contributed by atoms with Gasteiger partial charge in [0.1, 0.15) is 6.04 Å². The van der Waals surface area contributed by atoms with Crippen LogP contribution in [-0.4, -0.2) is 61.5 Å². The molecule has 0 radical (unpaired) electrons. The number of amides is 1. The molecule has 2 atom stereocenters. The Morgan fingerprint density at radius 1 is 1.38 bits per heavy atom. The second kappa shape index (κ2) is 10.6. The van der Waals surface area contributed by atoms with E-state index in [1.807, 2.05) is 6.92 Å². The Labute approximate surface area is 153 Å². The molecule has 6 nitrogen and oxygen atoms in total. The number of sulfonamides is 1. The van der Waals surface area contributed by atoms with E-state index in [1.54, 1.807) is 11.9 Å². The molecule has 1 heterocycles. The largest absolute Gasteiger partial charge is 0.344 e. The summed E-state index contributed by atoms with van der Waals surface area (Å²) in [4.78, 5) is 14.3. The summed E-state index contributed by atoms with van der Waals surface area (Å²) in [6.45, 7) is 7.12. The number of hydrogen-bond acceptors (Lipinski definition) is 4. The van der Waals surface area contributed by atoms with Gasteiger partial charge in [0.05, 0.1) is 5.75 Å². The second-order valence-electron chi connectivity index (χ2n) is 6.89. The van der Waals surface area contributed by atoms with Gasteiger partial charge in [0, 0.05) is 26.2 Å². The van der Waals surface area contributed by atoms with Crippen molar-refractivity contribution in [3.8, 4) is 0 Å². The van der Waals surface area contributed by atoms with Gasteiger partial charge < -0.3 is 10.6 Å². The topological polar surface area (TPSA) is 83.7 Å². The van der Waals surface area contributed by atoms with Gasteiger partial charge in [-0.1, -0.05) is 27.2 Å². The normalized spacial score (nSPS) is 20.0. The fourth-order valence-corrected chi connectivity index (χ4v) is 4.68. The Morgan fingerprint density at radius 3 is 2.54 bits per heavy atom. The van der Waals surface area contributed by atoms with E-state index in [0.29, 0.717) is 31.8 Å². The molecule has 0 aliphatic carbocycles. The van der Waals surface area contributed by atoms with E-state index in [4.69, 9.17) is 5.73 Å². The third-order valence-corrected chi connectivity index (χ3v) is 6.59. The molecule has 1 fully saturated rings. The van der Waals surface area contributed by atoms with Gasteiger partial charge in [0.15, 0.2) is 0 Å². The Balaban J connectivity index is 0.00000529. The average molecular weight is 384 g/mol. The Bertz CT molecular complexity index is 485. The first-order chi connectivity index (χ1) is 10.7. The molecule has 2 N–H and O–H groups in total. The quantitative estimate of drug-likeness (QED) is 0.658. The zero-order valence-corrected chi connectivity index (χ0v) is 17.0. The van der Waals surface area contributed by atoms with E-state index in [-0.39, 0.29) is 30.1 Å². The molecule has 0 aromatic rings. The van der Waals surface area contributed by atoms with Crippen molar-refractivity contribution in [2.75, 3.05) is 25.9 Å². The number of nitrogens with zero attached hydrogens (tertiary/aromatic N) is 2. The van der Waals surface area contributed by atoms with Gasteiger partial charge in [0.25, 0.3) is 0 Å². The molecular formula is C16H34ClN3O3S. The van der Waals surface area contributed by atoms with Crippen LogP contribution in [-0.2, 0) is 14.8 Å². The maximum Gasteiger partial charge on any atom is 0.240 e. The van der Waals surface area contributed by atoms with Crippen molar-refractivity contribution in [3.63, 3.8) is 0 Å². The first-order valence-electron chi connectivity index (χ1n) is 8.70. The SMILES string of the molecule is CCCCS(=O)(=O)N1CCCC1C(=O)N(C)CCC(N)C(C)C.Cl. The van der Waals surface area contributed by atoms with Crippen molar-refractivity contribution in [1.29, 1.82) is 0 Å². The number of likely N-dealkylation sites (N-methyl/N-ethyl adjacent to an activating group) is 1. The maximum atomic E-state index is 12.6. The molecule has 0 aromatic heterocycles. The van der Waals surface area contributed by atoms with Gasteiger partial charge in [0.2, 0.25) is 15.9 Å². The lowest BCUT2D eigenvalue weighted by molar-refractivity contribution is -0.133. The molecule has 1 aliphatic rings. The summed E-state index contributed by atoms with van der Waals surface area (Å²) < 4.78 is 26.3. The van der Waals surface area contributed by atoms with Crippen LogP contribution in [0.3, 0.4) is 0 Å². The van der Waals surface area contributed by atoms with Crippen LogP contribution in [0.2, 0.25) is 0 Å². The van der Waals surface area contributed by atoms with Crippen molar-refractivity contribution in [3.05, 3.63) is 0 Å². The summed E-state index contributed by atoms with van der Waals surface area (Å²) in [5.41, 5.74) is 6.03. The number of nitrogens with two attached hydrogens (primary N) is 1. The summed E-state index contributed by atoms with van der Waals surface area (Å²) in [6.07, 6.45) is 3.57. The highest BCUT2D eigenvalue weighted by Gasteiger charge is 2.39. The van der Waals surface area contributed by atoms with Crippen LogP contribution < -0.4 is 5.73 Å². The Kier molecular flexibility index (Phi) is 10.4. The highest BCUT2D eigenvalue weighted by Crippen LogP contribution is 2.23. The first-order valence-corrected chi connectivity index (χ1v) is 10.3. The second-order valence-corrected chi connectivity index (χ2v) is 8.94. The third-order valence-electron chi connectivity index (χ3n) is 4.63.